The molecule has 0 amide bonds. The molecule has 3 rings (SSSR count). The van der Waals surface area contributed by atoms with Crippen LogP contribution < -0.4 is 4.74 Å². The monoisotopic (exact) mass is 554 g/mol. The van der Waals surface area contributed by atoms with Gasteiger partial charge in [-0.05, 0) is 0 Å². The summed E-state index contributed by atoms with van der Waals surface area (Å²) in [5.41, 5.74) is 4.81. The number of benzene rings is 3. The Bertz CT molecular complexity index is 1020. The van der Waals surface area contributed by atoms with Crippen molar-refractivity contribution in [2.75, 3.05) is 25.1 Å². The Balaban J connectivity index is 1.66. The topological polar surface area (TPSA) is 9.23 Å². The minimum absolute atomic E-state index is 0.200. The number of ether oxygens (including phenoxy) is 1. The molecule has 1 nitrogen and oxygen atoms in total. The van der Waals surface area contributed by atoms with Gasteiger partial charge < -0.3 is 0 Å². The molecule has 0 aromatic heterocycles. The van der Waals surface area contributed by atoms with Gasteiger partial charge in [0.1, 0.15) is 0 Å². The van der Waals surface area contributed by atoms with Crippen molar-refractivity contribution in [3.8, 4) is 5.75 Å². The molecule has 0 fully saturated rings. The van der Waals surface area contributed by atoms with Crippen LogP contribution in [-0.2, 0) is 23.7 Å². The molecule has 35 heavy (non-hydrogen) atoms. The van der Waals surface area contributed by atoms with Gasteiger partial charge in [-0.1, -0.05) is 0 Å². The van der Waals surface area contributed by atoms with Gasteiger partial charge in [0.05, 0.1) is 0 Å². The van der Waals surface area contributed by atoms with Crippen LogP contribution in [-0.4, -0.2) is 40.2 Å². The van der Waals surface area contributed by atoms with Gasteiger partial charge in [0.2, 0.25) is 0 Å². The first-order valence-corrected chi connectivity index (χ1v) is 17.4. The van der Waals surface area contributed by atoms with Crippen LogP contribution in [0.4, 0.5) is 0 Å². The van der Waals surface area contributed by atoms with E-state index in [9.17, 15) is 0 Å². The molecule has 0 atom stereocenters. The molecule has 3 aromatic rings. The van der Waals surface area contributed by atoms with E-state index in [1.165, 1.54) is 34.6 Å². The summed E-state index contributed by atoms with van der Waals surface area (Å²) in [4.78, 5) is 0. The molecule has 3 aromatic carbocycles. The van der Waals surface area contributed by atoms with Crippen molar-refractivity contribution in [3.63, 3.8) is 0 Å². The molecule has 0 radical (unpaired) electrons. The molecule has 0 aliphatic carbocycles. The average Bonchev–Trinajstić information content (AvgIpc) is 2.82. The SMILES string of the molecule is CC(C)(C)c1ccc(CCP(=[Se])(CCOc2ccccc2)CCc2ccc(C(C)(C)C)cc2)cc1. The summed E-state index contributed by atoms with van der Waals surface area (Å²) in [6, 6.07) is 28.8. The molecule has 3 heteroatoms. The zero-order chi connectivity index (χ0) is 25.5. The second kappa shape index (κ2) is 12.1. The summed E-state index contributed by atoms with van der Waals surface area (Å²) < 4.78 is 6.12. The number of rotatable bonds is 10. The number of hydrogen-bond acceptors (Lipinski definition) is 1. The summed E-state index contributed by atoms with van der Waals surface area (Å²) in [6.45, 7) is 14.4. The van der Waals surface area contributed by atoms with Gasteiger partial charge in [-0.25, -0.2) is 0 Å². The van der Waals surface area contributed by atoms with E-state index in [1.807, 2.05) is 30.3 Å². The third-order valence-corrected chi connectivity index (χ3v) is 13.3. The molecule has 188 valence electrons. The molecule has 0 aliphatic heterocycles. The molecule has 0 bridgehead atoms. The average molecular weight is 554 g/mol. The van der Waals surface area contributed by atoms with E-state index < -0.39 is 5.51 Å². The van der Waals surface area contributed by atoms with Crippen LogP contribution in [0.2, 0.25) is 0 Å². The predicted octanol–water partition coefficient (Wildman–Crippen LogP) is 8.25. The third-order valence-electron chi connectivity index (χ3n) is 6.77. The summed E-state index contributed by atoms with van der Waals surface area (Å²) in [6.07, 6.45) is 5.81. The molecular weight excluding hydrogens is 510 g/mol. The van der Waals surface area contributed by atoms with Crippen LogP contribution in [0.1, 0.15) is 63.8 Å². The van der Waals surface area contributed by atoms with Gasteiger partial charge in [-0.2, -0.15) is 0 Å². The quantitative estimate of drug-likeness (QED) is 0.181. The van der Waals surface area contributed by atoms with Gasteiger partial charge in [0.25, 0.3) is 0 Å². The van der Waals surface area contributed by atoms with E-state index in [0.29, 0.717) is 0 Å². The van der Waals surface area contributed by atoms with Gasteiger partial charge in [-0.3, -0.25) is 0 Å². The van der Waals surface area contributed by atoms with Crippen molar-refractivity contribution in [2.45, 2.75) is 65.2 Å². The normalized spacial score (nSPS) is 12.5. The Morgan fingerprint density at radius 1 is 0.600 bits per heavy atom. The first-order valence-electron chi connectivity index (χ1n) is 12.9. The first-order chi connectivity index (χ1) is 16.4. The molecule has 0 N–H and O–H groups in total. The van der Waals surface area contributed by atoms with E-state index in [-0.39, 0.29) is 10.8 Å². The minimum atomic E-state index is -1.28. The maximum absolute atomic E-state index is 6.12. The second-order valence-electron chi connectivity index (χ2n) is 11.8. The third kappa shape index (κ3) is 9.09. The van der Waals surface area contributed by atoms with E-state index in [1.54, 1.807) is 0 Å². The van der Waals surface area contributed by atoms with Crippen LogP contribution in [0.5, 0.6) is 5.75 Å². The first kappa shape index (κ1) is 28.0. The predicted molar refractivity (Wildman–Crippen MR) is 157 cm³/mol. The Hall–Kier alpha value is -1.59. The Morgan fingerprint density at radius 2 is 1.03 bits per heavy atom. The van der Waals surface area contributed by atoms with Gasteiger partial charge in [0, 0.05) is 0 Å². The fourth-order valence-electron chi connectivity index (χ4n) is 4.19. The van der Waals surface area contributed by atoms with E-state index in [2.05, 4.69) is 105 Å². The number of para-hydroxylation sites is 1. The van der Waals surface area contributed by atoms with Crippen molar-refractivity contribution in [1.82, 2.24) is 0 Å². The van der Waals surface area contributed by atoms with Crippen molar-refractivity contribution < 1.29 is 4.74 Å². The Labute approximate surface area is 221 Å². The fraction of sp³-hybridized carbons (Fsp3) is 0.438. The number of aryl methyl sites for hydroxylation is 2. The Morgan fingerprint density at radius 3 is 1.43 bits per heavy atom. The second-order valence-corrected chi connectivity index (χ2v) is 20.1. The van der Waals surface area contributed by atoms with Crippen molar-refractivity contribution in [2.24, 2.45) is 0 Å². The van der Waals surface area contributed by atoms with Crippen molar-refractivity contribution >= 4 is 20.6 Å². The molecule has 0 spiro atoms. The zero-order valence-electron chi connectivity index (χ0n) is 22.5. The molecule has 0 unspecified atom stereocenters. The summed E-state index contributed by atoms with van der Waals surface area (Å²) >= 11 is 3.72. The fourth-order valence-corrected chi connectivity index (χ4v) is 8.24. The zero-order valence-corrected chi connectivity index (χ0v) is 25.1. The summed E-state index contributed by atoms with van der Waals surface area (Å²) in [5, 5.41) is 0. The van der Waals surface area contributed by atoms with E-state index >= 15 is 0 Å². The summed E-state index contributed by atoms with van der Waals surface area (Å²) in [7, 11) is 0. The molecule has 0 saturated carbocycles. The van der Waals surface area contributed by atoms with Crippen LogP contribution in [0.15, 0.2) is 78.9 Å². The maximum atomic E-state index is 6.12. The Kier molecular flexibility index (Phi) is 9.67. The molecule has 0 saturated heterocycles. The van der Waals surface area contributed by atoms with E-state index in [0.717, 1.165) is 31.4 Å². The van der Waals surface area contributed by atoms with Crippen molar-refractivity contribution in [3.05, 3.63) is 101 Å². The van der Waals surface area contributed by atoms with Crippen LogP contribution in [0, 0.1) is 0 Å². The van der Waals surface area contributed by atoms with Crippen molar-refractivity contribution in [1.29, 1.82) is 0 Å². The van der Waals surface area contributed by atoms with Gasteiger partial charge >= 0.3 is 223 Å². The van der Waals surface area contributed by atoms with Gasteiger partial charge in [-0.15, -0.1) is 0 Å². The molecular formula is C32H43OPSe. The summed E-state index contributed by atoms with van der Waals surface area (Å²) in [5.74, 6) is 0.967. The van der Waals surface area contributed by atoms with E-state index in [4.69, 9.17) is 4.74 Å². The van der Waals surface area contributed by atoms with Crippen LogP contribution in [0.25, 0.3) is 0 Å². The standard InChI is InChI=1S/C32H43OPSe/c1-31(2,3)28-16-12-26(13-17-28)20-23-34(35,25-22-33-30-10-8-7-9-11-30)24-21-27-14-18-29(19-15-27)32(4,5)6/h7-19H,20-25H2,1-6H3. The molecule has 0 heterocycles. The van der Waals surface area contributed by atoms with Gasteiger partial charge in [0.15, 0.2) is 0 Å². The molecule has 0 aliphatic rings. The van der Waals surface area contributed by atoms with Crippen LogP contribution in [0.3, 0.4) is 0 Å². The number of hydrogen-bond donors (Lipinski definition) is 0. The van der Waals surface area contributed by atoms with Crippen LogP contribution >= 0.6 is 5.51 Å².